The summed E-state index contributed by atoms with van der Waals surface area (Å²) in [7, 11) is -2.47. The van der Waals surface area contributed by atoms with Gasteiger partial charge in [0.25, 0.3) is 9.05 Å². The molecular weight excluding hydrogens is 322 g/mol. The lowest BCUT2D eigenvalue weighted by molar-refractivity contribution is 0.479. The van der Waals surface area contributed by atoms with E-state index in [0.717, 1.165) is 18.9 Å². The molecule has 5 nitrogen and oxygen atoms in total. The van der Waals surface area contributed by atoms with Crippen LogP contribution in [0.1, 0.15) is 26.7 Å². The lowest BCUT2D eigenvalue weighted by Gasteiger charge is -2.13. The molecule has 0 aromatic heterocycles. The van der Waals surface area contributed by atoms with Gasteiger partial charge in [-0.25, -0.2) is 21.6 Å². The number of nitrogens with one attached hydrogen (secondary N) is 1. The molecule has 0 heterocycles. The Morgan fingerprint density at radius 1 is 1.10 bits per heavy atom. The molecule has 1 aromatic carbocycles. The third-order valence-electron chi connectivity index (χ3n) is 3.11. The molecule has 0 aliphatic rings. The minimum atomic E-state index is -3.95. The van der Waals surface area contributed by atoms with E-state index >= 15 is 0 Å². The van der Waals surface area contributed by atoms with Crippen LogP contribution in [0.5, 0.6) is 0 Å². The first kappa shape index (κ1) is 17.4. The van der Waals surface area contributed by atoms with Gasteiger partial charge in [0.2, 0.25) is 10.0 Å². The van der Waals surface area contributed by atoms with E-state index in [0.29, 0.717) is 6.54 Å². The Balaban J connectivity index is 2.99. The monoisotopic (exact) mass is 339 g/mol. The van der Waals surface area contributed by atoms with Gasteiger partial charge in [-0.15, -0.1) is 0 Å². The topological polar surface area (TPSA) is 80.3 Å². The quantitative estimate of drug-likeness (QED) is 0.773. The number of hydrogen-bond donors (Lipinski definition) is 1. The van der Waals surface area contributed by atoms with E-state index in [4.69, 9.17) is 10.7 Å². The summed E-state index contributed by atoms with van der Waals surface area (Å²) in [5, 5.41) is 0. The molecule has 1 aromatic rings. The molecule has 114 valence electrons. The standard InChI is InChI=1S/C12H18ClNO4S2/c1-3-10(4-2)9-14-20(17,18)12-7-5-6-11(8-12)19(13,15)16/h5-8,10,14H,3-4,9H2,1-2H3. The second-order valence-corrected chi connectivity index (χ2v) is 8.78. The van der Waals surface area contributed by atoms with Crippen LogP contribution in [0.4, 0.5) is 0 Å². The molecule has 0 fully saturated rings. The Morgan fingerprint density at radius 3 is 2.15 bits per heavy atom. The van der Waals surface area contributed by atoms with Crippen LogP contribution in [0.25, 0.3) is 0 Å². The van der Waals surface area contributed by atoms with Crippen LogP contribution in [0.3, 0.4) is 0 Å². The van der Waals surface area contributed by atoms with E-state index in [1.54, 1.807) is 0 Å². The lowest BCUT2D eigenvalue weighted by Crippen LogP contribution is -2.29. The molecule has 0 unspecified atom stereocenters. The van der Waals surface area contributed by atoms with Crippen molar-refractivity contribution < 1.29 is 16.8 Å². The number of halogens is 1. The second-order valence-electron chi connectivity index (χ2n) is 4.45. The van der Waals surface area contributed by atoms with Crippen molar-refractivity contribution in [3.8, 4) is 0 Å². The van der Waals surface area contributed by atoms with Gasteiger partial charge >= 0.3 is 0 Å². The molecule has 0 bridgehead atoms. The van der Waals surface area contributed by atoms with Crippen molar-refractivity contribution in [2.45, 2.75) is 36.5 Å². The molecule has 0 radical (unpaired) electrons. The molecule has 0 saturated heterocycles. The molecule has 20 heavy (non-hydrogen) atoms. The predicted octanol–water partition coefficient (Wildman–Crippen LogP) is 2.33. The van der Waals surface area contributed by atoms with Gasteiger partial charge in [0, 0.05) is 17.2 Å². The number of hydrogen-bond acceptors (Lipinski definition) is 4. The summed E-state index contributed by atoms with van der Waals surface area (Å²) in [6.07, 6.45) is 1.74. The van der Waals surface area contributed by atoms with Crippen LogP contribution in [0.15, 0.2) is 34.1 Å². The number of rotatable bonds is 7. The smallest absolute Gasteiger partial charge is 0.211 e. The summed E-state index contributed by atoms with van der Waals surface area (Å²) in [5.41, 5.74) is 0. The van der Waals surface area contributed by atoms with E-state index in [1.807, 2.05) is 13.8 Å². The summed E-state index contributed by atoms with van der Waals surface area (Å²) < 4.78 is 49.1. The fraction of sp³-hybridized carbons (Fsp3) is 0.500. The minimum Gasteiger partial charge on any atom is -0.211 e. The summed E-state index contributed by atoms with van der Waals surface area (Å²) in [6.45, 7) is 4.31. The third kappa shape index (κ3) is 4.73. The van der Waals surface area contributed by atoms with E-state index in [2.05, 4.69) is 4.72 Å². The number of sulfonamides is 1. The Morgan fingerprint density at radius 2 is 1.65 bits per heavy atom. The van der Waals surface area contributed by atoms with Gasteiger partial charge in [-0.2, -0.15) is 0 Å². The summed E-state index contributed by atoms with van der Waals surface area (Å²) >= 11 is 0. The van der Waals surface area contributed by atoms with Gasteiger partial charge in [-0.1, -0.05) is 32.8 Å². The van der Waals surface area contributed by atoms with E-state index in [9.17, 15) is 16.8 Å². The maximum Gasteiger partial charge on any atom is 0.261 e. The second kappa shape index (κ2) is 6.89. The van der Waals surface area contributed by atoms with Crippen molar-refractivity contribution >= 4 is 29.8 Å². The van der Waals surface area contributed by atoms with Crippen molar-refractivity contribution in [2.24, 2.45) is 5.92 Å². The third-order valence-corrected chi connectivity index (χ3v) is 5.89. The van der Waals surface area contributed by atoms with E-state index in [-0.39, 0.29) is 15.7 Å². The van der Waals surface area contributed by atoms with Crippen LogP contribution in [-0.4, -0.2) is 23.4 Å². The van der Waals surface area contributed by atoms with Gasteiger partial charge in [0.15, 0.2) is 0 Å². The van der Waals surface area contributed by atoms with E-state index < -0.39 is 19.1 Å². The Bertz CT molecular complexity index is 652. The van der Waals surface area contributed by atoms with Crippen molar-refractivity contribution in [3.63, 3.8) is 0 Å². The minimum absolute atomic E-state index is 0.106. The fourth-order valence-electron chi connectivity index (χ4n) is 1.68. The van der Waals surface area contributed by atoms with Crippen LogP contribution in [0.2, 0.25) is 0 Å². The zero-order valence-electron chi connectivity index (χ0n) is 11.3. The molecule has 0 spiro atoms. The largest absolute Gasteiger partial charge is 0.261 e. The Labute approximate surface area is 124 Å². The van der Waals surface area contributed by atoms with Gasteiger partial charge < -0.3 is 0 Å². The van der Waals surface area contributed by atoms with Crippen molar-refractivity contribution in [1.82, 2.24) is 4.72 Å². The molecule has 8 heteroatoms. The highest BCUT2D eigenvalue weighted by molar-refractivity contribution is 8.13. The maximum absolute atomic E-state index is 12.1. The molecule has 0 aliphatic carbocycles. The lowest BCUT2D eigenvalue weighted by atomic mass is 10.0. The highest BCUT2D eigenvalue weighted by Gasteiger charge is 2.18. The highest BCUT2D eigenvalue weighted by Crippen LogP contribution is 2.19. The number of benzene rings is 1. The molecular formula is C12H18ClNO4S2. The summed E-state index contributed by atoms with van der Waals surface area (Å²) in [6, 6.07) is 4.99. The molecule has 0 amide bonds. The normalized spacial score (nSPS) is 12.8. The van der Waals surface area contributed by atoms with Crippen LogP contribution in [0, 0.1) is 5.92 Å². The fourth-order valence-corrected chi connectivity index (χ4v) is 3.71. The Hall–Kier alpha value is -0.630. The van der Waals surface area contributed by atoms with Crippen LogP contribution < -0.4 is 4.72 Å². The molecule has 0 atom stereocenters. The van der Waals surface area contributed by atoms with Crippen LogP contribution in [-0.2, 0) is 19.1 Å². The summed E-state index contributed by atoms with van der Waals surface area (Å²) in [5.74, 6) is 0.254. The SMILES string of the molecule is CCC(CC)CNS(=O)(=O)c1cccc(S(=O)(=O)Cl)c1. The van der Waals surface area contributed by atoms with Crippen molar-refractivity contribution in [2.75, 3.05) is 6.54 Å². The average Bonchev–Trinajstić information content (AvgIpc) is 2.39. The van der Waals surface area contributed by atoms with Gasteiger partial charge in [0.05, 0.1) is 9.79 Å². The van der Waals surface area contributed by atoms with Crippen molar-refractivity contribution in [1.29, 1.82) is 0 Å². The zero-order chi connectivity index (χ0) is 15.4. The molecule has 1 rings (SSSR count). The zero-order valence-corrected chi connectivity index (χ0v) is 13.7. The molecule has 1 N–H and O–H groups in total. The predicted molar refractivity (Wildman–Crippen MR) is 78.7 cm³/mol. The van der Waals surface area contributed by atoms with Crippen LogP contribution >= 0.6 is 10.7 Å². The highest BCUT2D eigenvalue weighted by atomic mass is 35.7. The van der Waals surface area contributed by atoms with Gasteiger partial charge in [0.1, 0.15) is 0 Å². The summed E-state index contributed by atoms with van der Waals surface area (Å²) in [4.78, 5) is -0.338. The van der Waals surface area contributed by atoms with Gasteiger partial charge in [-0.05, 0) is 24.1 Å². The first-order valence-corrected chi connectivity index (χ1v) is 10.0. The Kier molecular flexibility index (Phi) is 6.00. The first-order valence-electron chi connectivity index (χ1n) is 6.25. The maximum atomic E-state index is 12.1. The average molecular weight is 340 g/mol. The van der Waals surface area contributed by atoms with E-state index in [1.165, 1.54) is 18.2 Å². The first-order chi connectivity index (χ1) is 9.20. The van der Waals surface area contributed by atoms with Gasteiger partial charge in [-0.3, -0.25) is 0 Å². The molecule has 0 aliphatic heterocycles. The molecule has 0 saturated carbocycles. The van der Waals surface area contributed by atoms with Crippen molar-refractivity contribution in [3.05, 3.63) is 24.3 Å².